The predicted molar refractivity (Wildman–Crippen MR) is 59.8 cm³/mol. The van der Waals surface area contributed by atoms with Crippen molar-refractivity contribution in [3.05, 3.63) is 0 Å². The van der Waals surface area contributed by atoms with Crippen LogP contribution in [0.2, 0.25) is 0 Å². The molecule has 0 aliphatic carbocycles. The highest BCUT2D eigenvalue weighted by Gasteiger charge is 2.24. The first-order chi connectivity index (χ1) is 7.74. The molecule has 2 fully saturated rings. The quantitative estimate of drug-likeness (QED) is 0.599. The van der Waals surface area contributed by atoms with Gasteiger partial charge in [-0.25, -0.2) is 0 Å². The van der Waals surface area contributed by atoms with E-state index in [9.17, 15) is 9.59 Å². The Hall–Kier alpha value is -1.10. The zero-order chi connectivity index (χ0) is 11.4. The Morgan fingerprint density at radius 2 is 2.31 bits per heavy atom. The van der Waals surface area contributed by atoms with E-state index in [4.69, 9.17) is 0 Å². The summed E-state index contributed by atoms with van der Waals surface area (Å²) in [4.78, 5) is 22.6. The fourth-order valence-corrected chi connectivity index (χ4v) is 2.35. The van der Waals surface area contributed by atoms with E-state index in [-0.39, 0.29) is 17.9 Å². The third-order valence-electron chi connectivity index (χ3n) is 3.22. The normalized spacial score (nSPS) is 29.9. The SMILES string of the molecule is O=C1CC(NC(=O)CC2CCCNC2)CN1. The molecule has 2 amide bonds. The van der Waals surface area contributed by atoms with E-state index in [1.807, 2.05) is 0 Å². The molecule has 2 aliphatic heterocycles. The van der Waals surface area contributed by atoms with Crippen molar-refractivity contribution >= 4 is 11.8 Å². The number of nitrogens with one attached hydrogen (secondary N) is 3. The van der Waals surface area contributed by atoms with Crippen molar-refractivity contribution in [2.75, 3.05) is 19.6 Å². The van der Waals surface area contributed by atoms with Gasteiger partial charge in [-0.2, -0.15) is 0 Å². The summed E-state index contributed by atoms with van der Waals surface area (Å²) in [7, 11) is 0. The minimum Gasteiger partial charge on any atom is -0.354 e. The van der Waals surface area contributed by atoms with Crippen LogP contribution in [0.15, 0.2) is 0 Å². The number of amides is 2. The van der Waals surface area contributed by atoms with Crippen LogP contribution >= 0.6 is 0 Å². The molecule has 2 atom stereocenters. The second-order valence-electron chi connectivity index (χ2n) is 4.69. The minimum atomic E-state index is -0.00319. The maximum absolute atomic E-state index is 11.7. The maximum atomic E-state index is 11.7. The Labute approximate surface area is 95.3 Å². The largest absolute Gasteiger partial charge is 0.354 e. The molecule has 2 unspecified atom stereocenters. The average molecular weight is 225 g/mol. The molecule has 0 radical (unpaired) electrons. The van der Waals surface area contributed by atoms with Crippen molar-refractivity contribution in [3.8, 4) is 0 Å². The smallest absolute Gasteiger partial charge is 0.222 e. The van der Waals surface area contributed by atoms with Gasteiger partial charge in [-0.15, -0.1) is 0 Å². The van der Waals surface area contributed by atoms with Crippen molar-refractivity contribution in [2.24, 2.45) is 5.92 Å². The van der Waals surface area contributed by atoms with Gasteiger partial charge in [-0.05, 0) is 31.8 Å². The van der Waals surface area contributed by atoms with E-state index >= 15 is 0 Å². The predicted octanol–water partition coefficient (Wildman–Crippen LogP) is -0.619. The Kier molecular flexibility index (Phi) is 3.77. The van der Waals surface area contributed by atoms with Gasteiger partial charge in [0.1, 0.15) is 0 Å². The maximum Gasteiger partial charge on any atom is 0.222 e. The highest BCUT2D eigenvalue weighted by atomic mass is 16.2. The van der Waals surface area contributed by atoms with Gasteiger partial charge >= 0.3 is 0 Å². The molecule has 0 bridgehead atoms. The lowest BCUT2D eigenvalue weighted by molar-refractivity contribution is -0.122. The van der Waals surface area contributed by atoms with Crippen molar-refractivity contribution in [3.63, 3.8) is 0 Å². The van der Waals surface area contributed by atoms with E-state index in [0.717, 1.165) is 25.9 Å². The zero-order valence-electron chi connectivity index (χ0n) is 9.42. The van der Waals surface area contributed by atoms with Crippen LogP contribution in [-0.4, -0.2) is 37.5 Å². The molecule has 0 spiro atoms. The Morgan fingerprint density at radius 3 is 2.94 bits per heavy atom. The Bertz CT molecular complexity index is 274. The zero-order valence-corrected chi connectivity index (χ0v) is 9.42. The van der Waals surface area contributed by atoms with Crippen LogP contribution in [0.25, 0.3) is 0 Å². The van der Waals surface area contributed by atoms with E-state index in [0.29, 0.717) is 25.3 Å². The number of hydrogen-bond acceptors (Lipinski definition) is 3. The monoisotopic (exact) mass is 225 g/mol. The summed E-state index contributed by atoms with van der Waals surface area (Å²) in [5, 5.41) is 8.91. The van der Waals surface area contributed by atoms with Crippen LogP contribution in [0.1, 0.15) is 25.7 Å². The van der Waals surface area contributed by atoms with Gasteiger partial charge < -0.3 is 16.0 Å². The van der Waals surface area contributed by atoms with Crippen LogP contribution < -0.4 is 16.0 Å². The molecule has 90 valence electrons. The van der Waals surface area contributed by atoms with Gasteiger partial charge in [-0.3, -0.25) is 9.59 Å². The van der Waals surface area contributed by atoms with Crippen LogP contribution in [0.5, 0.6) is 0 Å². The average Bonchev–Trinajstić information content (AvgIpc) is 2.65. The summed E-state index contributed by atoms with van der Waals surface area (Å²) in [6.07, 6.45) is 3.29. The van der Waals surface area contributed by atoms with E-state index in [1.165, 1.54) is 0 Å². The molecule has 0 aromatic heterocycles. The molecule has 0 aromatic carbocycles. The van der Waals surface area contributed by atoms with Crippen molar-refractivity contribution in [1.82, 2.24) is 16.0 Å². The molecule has 2 aliphatic rings. The van der Waals surface area contributed by atoms with E-state index in [1.54, 1.807) is 0 Å². The minimum absolute atomic E-state index is 0.00319. The number of piperidine rings is 1. The number of carbonyl (C=O) groups is 2. The second-order valence-corrected chi connectivity index (χ2v) is 4.69. The van der Waals surface area contributed by atoms with Crippen LogP contribution in [0.4, 0.5) is 0 Å². The van der Waals surface area contributed by atoms with Gasteiger partial charge in [0.15, 0.2) is 0 Å². The summed E-state index contributed by atoms with van der Waals surface area (Å²) in [5.41, 5.74) is 0. The molecule has 5 nitrogen and oxygen atoms in total. The third-order valence-corrected chi connectivity index (χ3v) is 3.22. The Morgan fingerprint density at radius 1 is 1.44 bits per heavy atom. The second kappa shape index (κ2) is 5.30. The van der Waals surface area contributed by atoms with Crippen molar-refractivity contribution < 1.29 is 9.59 Å². The van der Waals surface area contributed by atoms with E-state index < -0.39 is 0 Å². The summed E-state index contributed by atoms with van der Waals surface area (Å²) in [6, 6.07) is -0.00319. The van der Waals surface area contributed by atoms with Crippen LogP contribution in [-0.2, 0) is 9.59 Å². The molecule has 16 heavy (non-hydrogen) atoms. The number of rotatable bonds is 3. The lowest BCUT2D eigenvalue weighted by Crippen LogP contribution is -2.39. The lowest BCUT2D eigenvalue weighted by atomic mass is 9.96. The number of hydrogen-bond donors (Lipinski definition) is 3. The van der Waals surface area contributed by atoms with Gasteiger partial charge in [-0.1, -0.05) is 0 Å². The number of carbonyl (C=O) groups excluding carboxylic acids is 2. The molecule has 0 aromatic rings. The molecular weight excluding hydrogens is 206 g/mol. The lowest BCUT2D eigenvalue weighted by Gasteiger charge is -2.22. The molecule has 5 heteroatoms. The molecule has 3 N–H and O–H groups in total. The van der Waals surface area contributed by atoms with Gasteiger partial charge in [0, 0.05) is 19.4 Å². The van der Waals surface area contributed by atoms with Gasteiger partial charge in [0.2, 0.25) is 11.8 Å². The Balaban J connectivity index is 1.69. The first-order valence-corrected chi connectivity index (χ1v) is 6.01. The molecule has 2 saturated heterocycles. The molecule has 0 saturated carbocycles. The standard InChI is InChI=1S/C11H19N3O2/c15-10-5-9(7-13-10)14-11(16)4-8-2-1-3-12-6-8/h8-9,12H,1-7H2,(H,13,15)(H,14,16). The van der Waals surface area contributed by atoms with Crippen LogP contribution in [0, 0.1) is 5.92 Å². The first-order valence-electron chi connectivity index (χ1n) is 6.01. The molecular formula is C11H19N3O2. The van der Waals surface area contributed by atoms with E-state index in [2.05, 4.69) is 16.0 Å². The summed E-state index contributed by atoms with van der Waals surface area (Å²) < 4.78 is 0. The highest BCUT2D eigenvalue weighted by Crippen LogP contribution is 2.14. The van der Waals surface area contributed by atoms with Crippen molar-refractivity contribution in [2.45, 2.75) is 31.7 Å². The third kappa shape index (κ3) is 3.20. The van der Waals surface area contributed by atoms with Crippen molar-refractivity contribution in [1.29, 1.82) is 0 Å². The fourth-order valence-electron chi connectivity index (χ4n) is 2.35. The first kappa shape index (κ1) is 11.4. The molecule has 2 heterocycles. The van der Waals surface area contributed by atoms with Gasteiger partial charge in [0.05, 0.1) is 6.04 Å². The summed E-state index contributed by atoms with van der Waals surface area (Å²) in [6.45, 7) is 2.59. The van der Waals surface area contributed by atoms with Gasteiger partial charge in [0.25, 0.3) is 0 Å². The summed E-state index contributed by atoms with van der Waals surface area (Å²) >= 11 is 0. The topological polar surface area (TPSA) is 70.2 Å². The highest BCUT2D eigenvalue weighted by molar-refractivity contribution is 5.82. The van der Waals surface area contributed by atoms with Crippen LogP contribution in [0.3, 0.4) is 0 Å². The fraction of sp³-hybridized carbons (Fsp3) is 0.818. The molecule has 2 rings (SSSR count). The summed E-state index contributed by atoms with van der Waals surface area (Å²) in [5.74, 6) is 0.568.